The van der Waals surface area contributed by atoms with Crippen LogP contribution in [0, 0.1) is 0 Å². The SMILES string of the molecule is CC(=O)NC(C)c1nc(-c2cnc(Oc3ccc(OC(C)C)cc3)s2)ns1. The van der Waals surface area contributed by atoms with Gasteiger partial charge in [-0.15, -0.1) is 0 Å². The molecule has 1 atom stereocenters. The van der Waals surface area contributed by atoms with Gasteiger partial charge in [-0.05, 0) is 56.6 Å². The number of thiazole rings is 1. The van der Waals surface area contributed by atoms with Crippen molar-refractivity contribution in [2.24, 2.45) is 0 Å². The van der Waals surface area contributed by atoms with Gasteiger partial charge in [-0.25, -0.2) is 9.97 Å². The summed E-state index contributed by atoms with van der Waals surface area (Å²) in [4.78, 5) is 20.7. The highest BCUT2D eigenvalue weighted by atomic mass is 32.1. The lowest BCUT2D eigenvalue weighted by atomic mass is 10.3. The largest absolute Gasteiger partial charge is 0.491 e. The van der Waals surface area contributed by atoms with E-state index in [2.05, 4.69) is 19.7 Å². The summed E-state index contributed by atoms with van der Waals surface area (Å²) in [6.45, 7) is 7.32. The molecule has 0 bridgehead atoms. The predicted octanol–water partition coefficient (Wildman–Crippen LogP) is 4.44. The molecule has 0 fully saturated rings. The minimum absolute atomic E-state index is 0.0995. The van der Waals surface area contributed by atoms with Gasteiger partial charge in [-0.2, -0.15) is 4.37 Å². The molecule has 1 N–H and O–H groups in total. The Morgan fingerprint density at radius 1 is 1.15 bits per heavy atom. The monoisotopic (exact) mass is 404 g/mol. The molecule has 9 heteroatoms. The molecule has 1 amide bonds. The summed E-state index contributed by atoms with van der Waals surface area (Å²) in [6.07, 6.45) is 1.81. The number of carbonyl (C=O) groups excluding carboxylic acids is 1. The number of benzene rings is 1. The van der Waals surface area contributed by atoms with Gasteiger partial charge in [0, 0.05) is 6.92 Å². The van der Waals surface area contributed by atoms with Gasteiger partial charge in [-0.1, -0.05) is 11.3 Å². The van der Waals surface area contributed by atoms with Crippen LogP contribution in [-0.4, -0.2) is 26.4 Å². The maximum absolute atomic E-state index is 11.2. The van der Waals surface area contributed by atoms with Crippen LogP contribution in [0.1, 0.15) is 38.7 Å². The van der Waals surface area contributed by atoms with E-state index in [1.807, 2.05) is 45.0 Å². The molecule has 2 aromatic heterocycles. The number of nitrogens with zero attached hydrogens (tertiary/aromatic N) is 3. The second kappa shape index (κ2) is 8.45. The summed E-state index contributed by atoms with van der Waals surface area (Å²) in [5.74, 6) is 1.96. The smallest absolute Gasteiger partial charge is 0.279 e. The average Bonchev–Trinajstić information content (AvgIpc) is 3.25. The Hall–Kier alpha value is -2.52. The number of ether oxygens (including phenoxy) is 2. The summed E-state index contributed by atoms with van der Waals surface area (Å²) < 4.78 is 15.8. The lowest BCUT2D eigenvalue weighted by Gasteiger charge is -2.09. The van der Waals surface area contributed by atoms with Crippen molar-refractivity contribution in [3.63, 3.8) is 0 Å². The lowest BCUT2D eigenvalue weighted by Crippen LogP contribution is -2.23. The van der Waals surface area contributed by atoms with Crippen molar-refractivity contribution >= 4 is 28.8 Å². The van der Waals surface area contributed by atoms with E-state index < -0.39 is 0 Å². The molecule has 142 valence electrons. The summed E-state index contributed by atoms with van der Waals surface area (Å²) in [5.41, 5.74) is 0. The zero-order valence-corrected chi connectivity index (χ0v) is 17.1. The van der Waals surface area contributed by atoms with Crippen LogP contribution in [0.5, 0.6) is 16.7 Å². The number of hydrogen-bond acceptors (Lipinski definition) is 8. The fourth-order valence-electron chi connectivity index (χ4n) is 2.25. The van der Waals surface area contributed by atoms with Gasteiger partial charge in [0.1, 0.15) is 16.5 Å². The molecule has 0 aliphatic carbocycles. The lowest BCUT2D eigenvalue weighted by molar-refractivity contribution is -0.119. The van der Waals surface area contributed by atoms with Crippen molar-refractivity contribution in [1.29, 1.82) is 0 Å². The Bertz CT molecular complexity index is 905. The number of hydrogen-bond donors (Lipinski definition) is 1. The molecule has 27 heavy (non-hydrogen) atoms. The summed E-state index contributed by atoms with van der Waals surface area (Å²) in [6, 6.07) is 7.23. The second-order valence-corrected chi connectivity index (χ2v) is 7.89. The third-order valence-electron chi connectivity index (χ3n) is 3.34. The van der Waals surface area contributed by atoms with Gasteiger partial charge in [0.15, 0.2) is 5.82 Å². The zero-order valence-electron chi connectivity index (χ0n) is 15.4. The Labute approximate surface area is 165 Å². The minimum Gasteiger partial charge on any atom is -0.491 e. The Balaban J connectivity index is 1.66. The topological polar surface area (TPSA) is 86.2 Å². The first-order chi connectivity index (χ1) is 12.9. The van der Waals surface area contributed by atoms with E-state index in [0.29, 0.717) is 16.8 Å². The molecule has 0 aliphatic rings. The molecule has 3 rings (SSSR count). The van der Waals surface area contributed by atoms with Gasteiger partial charge < -0.3 is 14.8 Å². The highest BCUT2D eigenvalue weighted by Gasteiger charge is 2.16. The van der Waals surface area contributed by atoms with Gasteiger partial charge in [-0.3, -0.25) is 4.79 Å². The van der Waals surface area contributed by atoms with Gasteiger partial charge in [0.05, 0.1) is 23.2 Å². The zero-order chi connectivity index (χ0) is 19.4. The Kier molecular flexibility index (Phi) is 6.02. The van der Waals surface area contributed by atoms with E-state index in [0.717, 1.165) is 15.6 Å². The molecule has 0 saturated carbocycles. The van der Waals surface area contributed by atoms with E-state index >= 15 is 0 Å². The molecular weight excluding hydrogens is 384 g/mol. The van der Waals surface area contributed by atoms with Crippen LogP contribution in [0.3, 0.4) is 0 Å². The quantitative estimate of drug-likeness (QED) is 0.627. The second-order valence-electron chi connectivity index (χ2n) is 6.11. The van der Waals surface area contributed by atoms with Crippen LogP contribution in [0.15, 0.2) is 30.5 Å². The van der Waals surface area contributed by atoms with Crippen molar-refractivity contribution in [2.45, 2.75) is 39.8 Å². The first-order valence-corrected chi connectivity index (χ1v) is 10.0. The predicted molar refractivity (Wildman–Crippen MR) is 106 cm³/mol. The van der Waals surface area contributed by atoms with Crippen LogP contribution >= 0.6 is 22.9 Å². The van der Waals surface area contributed by atoms with Crippen molar-refractivity contribution < 1.29 is 14.3 Å². The molecule has 0 aliphatic heterocycles. The molecular formula is C18H20N4O3S2. The van der Waals surface area contributed by atoms with Crippen LogP contribution in [-0.2, 0) is 4.79 Å². The van der Waals surface area contributed by atoms with Gasteiger partial charge in [0.2, 0.25) is 5.91 Å². The molecule has 3 aromatic rings. The molecule has 1 aromatic carbocycles. The molecule has 7 nitrogen and oxygen atoms in total. The maximum atomic E-state index is 11.2. The van der Waals surface area contributed by atoms with Crippen LogP contribution in [0.4, 0.5) is 0 Å². The summed E-state index contributed by atoms with van der Waals surface area (Å²) in [5, 5.41) is 4.05. The summed E-state index contributed by atoms with van der Waals surface area (Å²) in [7, 11) is 0. The molecule has 1 unspecified atom stereocenters. The maximum Gasteiger partial charge on any atom is 0.279 e. The van der Waals surface area contributed by atoms with Gasteiger partial charge in [0.25, 0.3) is 5.19 Å². The van der Waals surface area contributed by atoms with Crippen molar-refractivity contribution in [3.8, 4) is 27.4 Å². The van der Waals surface area contributed by atoms with E-state index in [4.69, 9.17) is 9.47 Å². The standard InChI is InChI=1S/C18H20N4O3S2/c1-10(2)24-13-5-7-14(8-6-13)25-18-19-9-15(26-18)16-21-17(27-22-16)11(3)20-12(4)23/h5-11H,1-4H3,(H,20,23). The molecule has 0 radical (unpaired) electrons. The first-order valence-electron chi connectivity index (χ1n) is 8.42. The average molecular weight is 405 g/mol. The number of rotatable bonds is 7. The highest BCUT2D eigenvalue weighted by molar-refractivity contribution is 7.17. The van der Waals surface area contributed by atoms with Gasteiger partial charge >= 0.3 is 0 Å². The van der Waals surface area contributed by atoms with Crippen LogP contribution < -0.4 is 14.8 Å². The Morgan fingerprint density at radius 2 is 1.85 bits per heavy atom. The van der Waals surface area contributed by atoms with E-state index in [9.17, 15) is 4.79 Å². The molecule has 2 heterocycles. The van der Waals surface area contributed by atoms with Crippen molar-refractivity contribution in [1.82, 2.24) is 19.7 Å². The minimum atomic E-state index is -0.177. The van der Waals surface area contributed by atoms with Crippen molar-refractivity contribution in [3.05, 3.63) is 35.5 Å². The molecule has 0 saturated heterocycles. The third-order valence-corrected chi connectivity index (χ3v) is 5.10. The van der Waals surface area contributed by atoms with E-state index in [-0.39, 0.29) is 18.1 Å². The molecule has 0 spiro atoms. The fraction of sp³-hybridized carbons (Fsp3) is 0.333. The van der Waals surface area contributed by atoms with Crippen molar-refractivity contribution in [2.75, 3.05) is 0 Å². The van der Waals surface area contributed by atoms with Crippen LogP contribution in [0.2, 0.25) is 0 Å². The number of amides is 1. The third kappa shape index (κ3) is 5.24. The highest BCUT2D eigenvalue weighted by Crippen LogP contribution is 2.33. The normalized spacial score (nSPS) is 12.0. The summed E-state index contributed by atoms with van der Waals surface area (Å²) >= 11 is 2.63. The van der Waals surface area contributed by atoms with E-state index in [1.165, 1.54) is 29.8 Å². The van der Waals surface area contributed by atoms with Crippen LogP contribution in [0.25, 0.3) is 10.7 Å². The number of aromatic nitrogens is 3. The number of nitrogens with one attached hydrogen (secondary N) is 1. The fourth-order valence-corrected chi connectivity index (χ4v) is 3.69. The Morgan fingerprint density at radius 3 is 2.52 bits per heavy atom. The number of carbonyl (C=O) groups is 1. The first kappa shape index (κ1) is 19.2. The van der Waals surface area contributed by atoms with E-state index in [1.54, 1.807) is 6.20 Å².